The summed E-state index contributed by atoms with van der Waals surface area (Å²) < 4.78 is 13.2. The molecule has 2 saturated carbocycles. The first kappa shape index (κ1) is 21.7. The Balaban J connectivity index is 1.29. The predicted molar refractivity (Wildman–Crippen MR) is 127 cm³/mol. The molecule has 176 valence electrons. The molecular weight excluding hydrogens is 460 g/mol. The monoisotopic (exact) mass is 488 g/mol. The van der Waals surface area contributed by atoms with Gasteiger partial charge in [-0.05, 0) is 51.4 Å². The zero-order valence-electron chi connectivity index (χ0n) is 18.6. The fraction of sp³-hybridized carbons (Fsp3) is 0.652. The van der Waals surface area contributed by atoms with Gasteiger partial charge in [0.2, 0.25) is 5.95 Å². The van der Waals surface area contributed by atoms with Crippen molar-refractivity contribution in [3.63, 3.8) is 0 Å². The van der Waals surface area contributed by atoms with Crippen LogP contribution < -0.4 is 10.2 Å². The standard InChI is InChI=1S/C23H29ClN6O2S/c24-16-12-25-19(26-13-16)15-3-1-9-30(10-4-15)21-27-17-11-23(7-8-23)33(32)18(17)20(28-21)29-22(14-31)5-2-6-22/h12-13,15,31H,1-11,14H2,(H,27,28,29)/t15?,33-/m1/s1. The van der Waals surface area contributed by atoms with E-state index >= 15 is 0 Å². The van der Waals surface area contributed by atoms with Crippen LogP contribution in [0.1, 0.15) is 68.8 Å². The number of rotatable bonds is 5. The van der Waals surface area contributed by atoms with E-state index in [9.17, 15) is 9.32 Å². The first-order valence-corrected chi connectivity index (χ1v) is 13.5. The number of aliphatic hydroxyl groups is 1. The van der Waals surface area contributed by atoms with Crippen molar-refractivity contribution in [3.8, 4) is 0 Å². The van der Waals surface area contributed by atoms with Gasteiger partial charge in [0.1, 0.15) is 16.5 Å². The Bertz CT molecular complexity index is 1080. The van der Waals surface area contributed by atoms with Crippen LogP contribution in [0.25, 0.3) is 0 Å². The minimum Gasteiger partial charge on any atom is -0.394 e. The topological polar surface area (TPSA) is 104 Å². The summed E-state index contributed by atoms with van der Waals surface area (Å²) in [6.45, 7) is 1.74. The Morgan fingerprint density at radius 3 is 2.58 bits per heavy atom. The lowest BCUT2D eigenvalue weighted by Gasteiger charge is -2.41. The summed E-state index contributed by atoms with van der Waals surface area (Å²) in [7, 11) is -1.09. The van der Waals surface area contributed by atoms with Crippen molar-refractivity contribution < 1.29 is 9.32 Å². The average molecular weight is 489 g/mol. The lowest BCUT2D eigenvalue weighted by molar-refractivity contribution is 0.143. The second kappa shape index (κ2) is 8.13. The predicted octanol–water partition coefficient (Wildman–Crippen LogP) is 3.22. The number of hydrogen-bond acceptors (Lipinski definition) is 8. The molecular formula is C23H29ClN6O2S. The van der Waals surface area contributed by atoms with E-state index in [0.29, 0.717) is 16.8 Å². The number of aliphatic hydroxyl groups excluding tert-OH is 1. The third-order valence-corrected chi connectivity index (χ3v) is 10.1. The van der Waals surface area contributed by atoms with Gasteiger partial charge in [-0.15, -0.1) is 0 Å². The smallest absolute Gasteiger partial charge is 0.227 e. The number of aromatic nitrogens is 4. The summed E-state index contributed by atoms with van der Waals surface area (Å²) in [5, 5.41) is 14.1. The van der Waals surface area contributed by atoms with E-state index in [1.165, 1.54) is 0 Å². The minimum absolute atomic E-state index is 0.0609. The summed E-state index contributed by atoms with van der Waals surface area (Å²) in [5.74, 6) is 2.51. The lowest BCUT2D eigenvalue weighted by atomic mass is 9.77. The second-order valence-corrected chi connectivity index (χ2v) is 12.3. The number of nitrogens with zero attached hydrogens (tertiary/aromatic N) is 5. The maximum Gasteiger partial charge on any atom is 0.227 e. The van der Waals surface area contributed by atoms with Crippen molar-refractivity contribution in [1.82, 2.24) is 19.9 Å². The van der Waals surface area contributed by atoms with Gasteiger partial charge in [-0.3, -0.25) is 4.21 Å². The Morgan fingerprint density at radius 2 is 1.91 bits per heavy atom. The average Bonchev–Trinajstić information content (AvgIpc) is 3.55. The summed E-state index contributed by atoms with van der Waals surface area (Å²) in [4.78, 5) is 21.8. The number of fused-ring (bicyclic) bond motifs is 1. The lowest BCUT2D eigenvalue weighted by Crippen LogP contribution is -2.48. The molecule has 2 aliphatic carbocycles. The normalized spacial score (nSPS) is 27.0. The van der Waals surface area contributed by atoms with E-state index in [0.717, 1.165) is 87.3 Å². The van der Waals surface area contributed by atoms with Crippen LogP contribution in [-0.2, 0) is 17.2 Å². The summed E-state index contributed by atoms with van der Waals surface area (Å²) in [6, 6.07) is 0. The van der Waals surface area contributed by atoms with Gasteiger partial charge in [0.05, 0.1) is 38.4 Å². The fourth-order valence-electron chi connectivity index (χ4n) is 5.38. The molecule has 2 atom stereocenters. The Kier molecular flexibility index (Phi) is 5.34. The molecule has 2 aromatic heterocycles. The van der Waals surface area contributed by atoms with Crippen LogP contribution >= 0.6 is 11.6 Å². The Hall–Kier alpha value is -1.84. The molecule has 4 heterocycles. The maximum absolute atomic E-state index is 13.3. The van der Waals surface area contributed by atoms with E-state index in [2.05, 4.69) is 20.2 Å². The highest BCUT2D eigenvalue weighted by atomic mass is 35.5. The molecule has 1 unspecified atom stereocenters. The molecule has 8 nitrogen and oxygen atoms in total. The van der Waals surface area contributed by atoms with Crippen LogP contribution in [0, 0.1) is 0 Å². The molecule has 33 heavy (non-hydrogen) atoms. The summed E-state index contributed by atoms with van der Waals surface area (Å²) >= 11 is 5.96. The molecule has 2 N–H and O–H groups in total. The SMILES string of the molecule is O=[S@@]1c2c(nc(N3CCCC(c4ncc(Cl)cn4)CC3)nc2NC2(CO)CCC2)CC12CC2. The van der Waals surface area contributed by atoms with Crippen molar-refractivity contribution in [2.45, 2.75) is 78.9 Å². The largest absolute Gasteiger partial charge is 0.394 e. The van der Waals surface area contributed by atoms with Crippen LogP contribution in [-0.4, -0.2) is 59.2 Å². The third kappa shape index (κ3) is 3.82. The Labute approximate surface area is 201 Å². The van der Waals surface area contributed by atoms with E-state index in [4.69, 9.17) is 21.6 Å². The van der Waals surface area contributed by atoms with E-state index in [1.54, 1.807) is 12.4 Å². The zero-order chi connectivity index (χ0) is 22.6. The number of halogens is 1. The fourth-order valence-corrected chi connectivity index (χ4v) is 7.25. The summed E-state index contributed by atoms with van der Waals surface area (Å²) in [6.07, 6.45) is 11.9. The van der Waals surface area contributed by atoms with Gasteiger partial charge < -0.3 is 15.3 Å². The van der Waals surface area contributed by atoms with Gasteiger partial charge in [0, 0.05) is 37.8 Å². The second-order valence-electron chi connectivity index (χ2n) is 10.1. The maximum atomic E-state index is 13.3. The van der Waals surface area contributed by atoms with Gasteiger partial charge in [-0.25, -0.2) is 15.0 Å². The molecule has 2 aromatic rings. The number of hydrogen-bond donors (Lipinski definition) is 2. The molecule has 0 aromatic carbocycles. The highest BCUT2D eigenvalue weighted by Gasteiger charge is 2.56. The van der Waals surface area contributed by atoms with Crippen LogP contribution in [0.2, 0.25) is 5.02 Å². The molecule has 0 bridgehead atoms. The van der Waals surface area contributed by atoms with E-state index < -0.39 is 10.8 Å². The highest BCUT2D eigenvalue weighted by molar-refractivity contribution is 7.87. The van der Waals surface area contributed by atoms with Gasteiger partial charge in [-0.2, -0.15) is 4.98 Å². The van der Waals surface area contributed by atoms with Gasteiger partial charge in [-0.1, -0.05) is 11.6 Å². The molecule has 0 radical (unpaired) electrons. The molecule has 4 aliphatic rings. The number of anilines is 2. The molecule has 0 amide bonds. The van der Waals surface area contributed by atoms with Crippen LogP contribution in [0.3, 0.4) is 0 Å². The van der Waals surface area contributed by atoms with Crippen molar-refractivity contribution in [3.05, 3.63) is 28.9 Å². The van der Waals surface area contributed by atoms with Crippen molar-refractivity contribution in [2.24, 2.45) is 0 Å². The minimum atomic E-state index is -1.09. The first-order chi connectivity index (χ1) is 16.0. The van der Waals surface area contributed by atoms with Crippen molar-refractivity contribution in [2.75, 3.05) is 29.9 Å². The van der Waals surface area contributed by atoms with Crippen LogP contribution in [0.4, 0.5) is 11.8 Å². The number of nitrogens with one attached hydrogen (secondary N) is 1. The first-order valence-electron chi connectivity index (χ1n) is 12.0. The molecule has 10 heteroatoms. The summed E-state index contributed by atoms with van der Waals surface area (Å²) in [5.41, 5.74) is 0.575. The van der Waals surface area contributed by atoms with Gasteiger partial charge in [0.25, 0.3) is 0 Å². The zero-order valence-corrected chi connectivity index (χ0v) is 20.2. The van der Waals surface area contributed by atoms with Gasteiger partial charge >= 0.3 is 0 Å². The van der Waals surface area contributed by atoms with Crippen LogP contribution in [0.5, 0.6) is 0 Å². The molecule has 3 fully saturated rings. The quantitative estimate of drug-likeness (QED) is 0.661. The van der Waals surface area contributed by atoms with Crippen LogP contribution in [0.15, 0.2) is 17.3 Å². The van der Waals surface area contributed by atoms with Crippen molar-refractivity contribution in [1.29, 1.82) is 0 Å². The molecule has 1 spiro atoms. The third-order valence-electron chi connectivity index (χ3n) is 7.81. The molecule has 1 saturated heterocycles. The van der Waals surface area contributed by atoms with E-state index in [-0.39, 0.29) is 22.8 Å². The van der Waals surface area contributed by atoms with Crippen molar-refractivity contribution >= 4 is 34.2 Å². The molecule has 2 aliphatic heterocycles. The van der Waals surface area contributed by atoms with E-state index in [1.807, 2.05) is 0 Å². The van der Waals surface area contributed by atoms with Gasteiger partial charge in [0.15, 0.2) is 0 Å². The highest BCUT2D eigenvalue weighted by Crippen LogP contribution is 2.54. The Morgan fingerprint density at radius 1 is 1.12 bits per heavy atom. The molecule has 6 rings (SSSR count).